The summed E-state index contributed by atoms with van der Waals surface area (Å²) in [5.74, 6) is 0.0255. The maximum Gasteiger partial charge on any atom is 0.107 e. The molecule has 2 unspecified atom stereocenters. The summed E-state index contributed by atoms with van der Waals surface area (Å²) in [6, 6.07) is 0. The molecule has 78 valence electrons. The Morgan fingerprint density at radius 3 is 2.00 bits per heavy atom. The van der Waals surface area contributed by atoms with Crippen LogP contribution < -0.4 is 0 Å². The monoisotopic (exact) mass is 186 g/mol. The molecule has 0 nitrogen and oxygen atoms in total. The molecule has 1 heteroatoms. The van der Waals surface area contributed by atoms with Crippen molar-refractivity contribution < 1.29 is 4.39 Å². The van der Waals surface area contributed by atoms with E-state index in [2.05, 4.69) is 12.3 Å². The first-order valence-electron chi connectivity index (χ1n) is 5.17. The Balaban J connectivity index is 0. The van der Waals surface area contributed by atoms with Gasteiger partial charge in [0.05, 0.1) is 0 Å². The average molecular weight is 186 g/mol. The van der Waals surface area contributed by atoms with E-state index in [1.54, 1.807) is 0 Å². The van der Waals surface area contributed by atoms with Gasteiger partial charge in [-0.25, -0.2) is 4.39 Å². The molecular formula is C12H23F. The predicted molar refractivity (Wildman–Crippen MR) is 58.6 cm³/mol. The van der Waals surface area contributed by atoms with E-state index in [-0.39, 0.29) is 5.92 Å². The lowest BCUT2D eigenvalue weighted by Gasteiger charge is -2.17. The highest BCUT2D eigenvalue weighted by molar-refractivity contribution is 5.02. The van der Waals surface area contributed by atoms with Crippen molar-refractivity contribution in [2.45, 2.75) is 53.6 Å². The summed E-state index contributed by atoms with van der Waals surface area (Å²) in [5, 5.41) is 0. The number of hydrogen-bond acceptors (Lipinski definition) is 0. The SMILES string of the molecule is C=C=C(C)C(CC)C(F)CC.CC. The molecule has 0 amide bonds. The molecule has 0 aromatic heterocycles. The molecule has 0 aromatic carbocycles. The second kappa shape index (κ2) is 9.54. The zero-order valence-electron chi connectivity index (χ0n) is 9.65. The van der Waals surface area contributed by atoms with E-state index in [1.807, 2.05) is 34.6 Å². The highest BCUT2D eigenvalue weighted by atomic mass is 19.1. The Kier molecular flexibility index (Phi) is 11.0. The van der Waals surface area contributed by atoms with Crippen LogP contribution in [0.25, 0.3) is 0 Å². The van der Waals surface area contributed by atoms with E-state index in [1.165, 1.54) is 0 Å². The number of halogens is 1. The van der Waals surface area contributed by atoms with Crippen molar-refractivity contribution >= 4 is 0 Å². The van der Waals surface area contributed by atoms with Gasteiger partial charge >= 0.3 is 0 Å². The maximum absolute atomic E-state index is 13.1. The Morgan fingerprint density at radius 1 is 1.31 bits per heavy atom. The lowest BCUT2D eigenvalue weighted by Crippen LogP contribution is -2.14. The van der Waals surface area contributed by atoms with E-state index in [0.29, 0.717) is 6.42 Å². The normalized spacial score (nSPS) is 13.4. The van der Waals surface area contributed by atoms with Gasteiger partial charge in [-0.1, -0.05) is 34.3 Å². The Labute approximate surface area is 82.5 Å². The summed E-state index contributed by atoms with van der Waals surface area (Å²) >= 11 is 0. The zero-order chi connectivity index (χ0) is 10.9. The molecular weight excluding hydrogens is 163 g/mol. The van der Waals surface area contributed by atoms with Crippen LogP contribution >= 0.6 is 0 Å². The number of hydrogen-bond donors (Lipinski definition) is 0. The van der Waals surface area contributed by atoms with Gasteiger partial charge in [-0.3, -0.25) is 0 Å². The number of allylic oxidation sites excluding steroid dienone is 1. The highest BCUT2D eigenvalue weighted by Crippen LogP contribution is 2.22. The van der Waals surface area contributed by atoms with Crippen molar-refractivity contribution in [3.63, 3.8) is 0 Å². The van der Waals surface area contributed by atoms with Crippen LogP contribution in [0.3, 0.4) is 0 Å². The molecule has 13 heavy (non-hydrogen) atoms. The van der Waals surface area contributed by atoms with Gasteiger partial charge < -0.3 is 0 Å². The molecule has 0 heterocycles. The standard InChI is InChI=1S/C10H17F.C2H6/c1-5-8(4)9(6-2)10(11)7-3;1-2/h9-10H,1,6-7H2,2-4H3;1-2H3. The maximum atomic E-state index is 13.1. The van der Waals surface area contributed by atoms with E-state index < -0.39 is 6.17 Å². The van der Waals surface area contributed by atoms with E-state index >= 15 is 0 Å². The van der Waals surface area contributed by atoms with Crippen molar-refractivity contribution in [3.8, 4) is 0 Å². The van der Waals surface area contributed by atoms with Gasteiger partial charge in [-0.05, 0) is 25.3 Å². The minimum Gasteiger partial charge on any atom is -0.247 e. The molecule has 0 saturated heterocycles. The van der Waals surface area contributed by atoms with E-state index in [9.17, 15) is 4.39 Å². The summed E-state index contributed by atoms with van der Waals surface area (Å²) in [7, 11) is 0. The van der Waals surface area contributed by atoms with Crippen LogP contribution in [-0.4, -0.2) is 6.17 Å². The smallest absolute Gasteiger partial charge is 0.107 e. The fourth-order valence-corrected chi connectivity index (χ4v) is 1.25. The first kappa shape index (κ1) is 14.9. The summed E-state index contributed by atoms with van der Waals surface area (Å²) in [6.45, 7) is 13.3. The van der Waals surface area contributed by atoms with Gasteiger partial charge in [0.25, 0.3) is 0 Å². The van der Waals surface area contributed by atoms with Gasteiger partial charge in [0, 0.05) is 5.92 Å². The van der Waals surface area contributed by atoms with Gasteiger partial charge in [-0.2, -0.15) is 0 Å². The zero-order valence-corrected chi connectivity index (χ0v) is 9.65. The number of alkyl halides is 1. The fraction of sp³-hybridized carbons (Fsp3) is 0.750. The molecule has 0 aliphatic carbocycles. The summed E-state index contributed by atoms with van der Waals surface area (Å²) in [6.07, 6.45) is 0.690. The van der Waals surface area contributed by atoms with Crippen LogP contribution in [0, 0.1) is 5.92 Å². The van der Waals surface area contributed by atoms with Crippen LogP contribution in [0.5, 0.6) is 0 Å². The first-order valence-corrected chi connectivity index (χ1v) is 5.17. The predicted octanol–water partition coefficient (Wildman–Crippen LogP) is 4.52. The molecule has 0 aliphatic heterocycles. The van der Waals surface area contributed by atoms with Crippen molar-refractivity contribution in [1.82, 2.24) is 0 Å². The lowest BCUT2D eigenvalue weighted by molar-refractivity contribution is 0.242. The third-order valence-corrected chi connectivity index (χ3v) is 2.10. The molecule has 0 spiro atoms. The Morgan fingerprint density at radius 2 is 1.77 bits per heavy atom. The first-order chi connectivity index (χ1) is 6.17. The van der Waals surface area contributed by atoms with Crippen LogP contribution in [0.15, 0.2) is 17.9 Å². The lowest BCUT2D eigenvalue weighted by atomic mass is 9.92. The quantitative estimate of drug-likeness (QED) is 0.566. The highest BCUT2D eigenvalue weighted by Gasteiger charge is 2.18. The van der Waals surface area contributed by atoms with Crippen LogP contribution in [-0.2, 0) is 0 Å². The third-order valence-electron chi connectivity index (χ3n) is 2.10. The molecule has 0 aliphatic rings. The van der Waals surface area contributed by atoms with Crippen LogP contribution in [0.1, 0.15) is 47.5 Å². The minimum absolute atomic E-state index is 0.0255. The molecule has 0 saturated carbocycles. The molecule has 0 aromatic rings. The van der Waals surface area contributed by atoms with Crippen LogP contribution in [0.4, 0.5) is 4.39 Å². The Hall–Kier alpha value is -0.550. The second-order valence-electron chi connectivity index (χ2n) is 2.80. The van der Waals surface area contributed by atoms with Crippen molar-refractivity contribution in [1.29, 1.82) is 0 Å². The average Bonchev–Trinajstić information content (AvgIpc) is 2.21. The number of rotatable bonds is 4. The van der Waals surface area contributed by atoms with Crippen LogP contribution in [0.2, 0.25) is 0 Å². The van der Waals surface area contributed by atoms with Crippen molar-refractivity contribution in [2.75, 3.05) is 0 Å². The van der Waals surface area contributed by atoms with E-state index in [0.717, 1.165) is 12.0 Å². The minimum atomic E-state index is -0.728. The van der Waals surface area contributed by atoms with Gasteiger partial charge in [0.15, 0.2) is 0 Å². The summed E-state index contributed by atoms with van der Waals surface area (Å²) in [4.78, 5) is 0. The van der Waals surface area contributed by atoms with Crippen molar-refractivity contribution in [3.05, 3.63) is 17.9 Å². The summed E-state index contributed by atoms with van der Waals surface area (Å²) < 4.78 is 13.1. The molecule has 0 fully saturated rings. The molecule has 0 N–H and O–H groups in total. The molecule has 2 atom stereocenters. The van der Waals surface area contributed by atoms with Gasteiger partial charge in [0.2, 0.25) is 0 Å². The molecule has 0 rings (SSSR count). The summed E-state index contributed by atoms with van der Waals surface area (Å²) in [5.41, 5.74) is 3.70. The third kappa shape index (κ3) is 5.65. The van der Waals surface area contributed by atoms with Gasteiger partial charge in [-0.15, -0.1) is 5.73 Å². The topological polar surface area (TPSA) is 0 Å². The second-order valence-corrected chi connectivity index (χ2v) is 2.80. The Bertz CT molecular complexity index is 155. The molecule has 0 radical (unpaired) electrons. The van der Waals surface area contributed by atoms with E-state index in [4.69, 9.17) is 0 Å². The fourth-order valence-electron chi connectivity index (χ4n) is 1.25. The van der Waals surface area contributed by atoms with Gasteiger partial charge in [0.1, 0.15) is 6.17 Å². The van der Waals surface area contributed by atoms with Crippen molar-refractivity contribution in [2.24, 2.45) is 5.92 Å². The largest absolute Gasteiger partial charge is 0.247 e. The molecule has 0 bridgehead atoms.